The minimum atomic E-state index is -0.221. The van der Waals surface area contributed by atoms with Gasteiger partial charge in [0.25, 0.3) is 5.91 Å². The van der Waals surface area contributed by atoms with E-state index in [1.54, 1.807) is 16.9 Å². The second kappa shape index (κ2) is 9.56. The number of nitrogens with zero attached hydrogens (tertiary/aromatic N) is 5. The zero-order valence-corrected chi connectivity index (χ0v) is 18.2. The maximum absolute atomic E-state index is 12.7. The highest BCUT2D eigenvalue weighted by Crippen LogP contribution is 2.21. The van der Waals surface area contributed by atoms with E-state index < -0.39 is 0 Å². The van der Waals surface area contributed by atoms with Gasteiger partial charge in [0.2, 0.25) is 5.82 Å². The monoisotopic (exact) mass is 436 g/mol. The Morgan fingerprint density at radius 1 is 0.909 bits per heavy atom. The number of benzene rings is 3. The first-order chi connectivity index (χ1) is 16.3. The number of nitrogens with one attached hydrogen (secondary N) is 1. The number of hydrazone groups is 1. The average molecular weight is 437 g/mol. The number of hydrogen-bond acceptors (Lipinski definition) is 5. The zero-order valence-electron chi connectivity index (χ0n) is 18.2. The van der Waals surface area contributed by atoms with Crippen LogP contribution in [0.4, 0.5) is 0 Å². The minimum absolute atomic E-state index is 0.221. The van der Waals surface area contributed by atoms with Crippen molar-refractivity contribution in [2.75, 3.05) is 0 Å². The molecule has 1 aromatic heterocycles. The molecule has 0 spiro atoms. The van der Waals surface area contributed by atoms with Crippen molar-refractivity contribution in [3.05, 3.63) is 101 Å². The first-order valence-electron chi connectivity index (χ1n) is 11.1. The van der Waals surface area contributed by atoms with Gasteiger partial charge in [0.1, 0.15) is 0 Å². The lowest BCUT2D eigenvalue weighted by atomic mass is 10.0. The van der Waals surface area contributed by atoms with Crippen LogP contribution in [-0.2, 0) is 13.0 Å². The SMILES string of the molecule is O=C(NN=C1CCCCc2ccccc21)c1ccc(Cn2nnc(-c3ccccc3)n2)cc1. The first-order valence-corrected chi connectivity index (χ1v) is 11.1. The van der Waals surface area contributed by atoms with Crippen molar-refractivity contribution in [1.29, 1.82) is 0 Å². The van der Waals surface area contributed by atoms with Crippen LogP contribution < -0.4 is 5.43 Å². The number of carbonyl (C=O) groups excluding carboxylic acids is 1. The molecule has 0 aliphatic heterocycles. The standard InChI is InChI=1S/C26H24N6O/c33-26(29-27-24-13-7-5-9-20-8-4-6-12-23(20)24)22-16-14-19(15-17-22)18-32-30-25(28-31-32)21-10-2-1-3-11-21/h1-4,6,8,10-12,14-17H,5,7,9,13,18H2,(H,29,33). The van der Waals surface area contributed by atoms with Gasteiger partial charge in [0, 0.05) is 16.7 Å². The van der Waals surface area contributed by atoms with Gasteiger partial charge in [-0.1, -0.05) is 66.7 Å². The number of fused-ring (bicyclic) bond motifs is 1. The molecule has 0 bridgehead atoms. The maximum atomic E-state index is 12.7. The molecular formula is C26H24N6O. The highest BCUT2D eigenvalue weighted by molar-refractivity contribution is 6.03. The fourth-order valence-electron chi connectivity index (χ4n) is 4.00. The Labute approximate surface area is 192 Å². The van der Waals surface area contributed by atoms with E-state index in [-0.39, 0.29) is 5.91 Å². The van der Waals surface area contributed by atoms with Gasteiger partial charge in [0.05, 0.1) is 12.3 Å². The summed E-state index contributed by atoms with van der Waals surface area (Å²) in [5, 5.41) is 17.2. The summed E-state index contributed by atoms with van der Waals surface area (Å²) in [6.45, 7) is 0.473. The van der Waals surface area contributed by atoms with Gasteiger partial charge < -0.3 is 0 Å². The van der Waals surface area contributed by atoms with Gasteiger partial charge in [-0.15, -0.1) is 10.2 Å². The Bertz CT molecular complexity index is 1280. The summed E-state index contributed by atoms with van der Waals surface area (Å²) < 4.78 is 0. The van der Waals surface area contributed by atoms with Gasteiger partial charge in [-0.25, -0.2) is 5.43 Å². The van der Waals surface area contributed by atoms with Gasteiger partial charge in [-0.3, -0.25) is 4.79 Å². The molecule has 0 unspecified atom stereocenters. The lowest BCUT2D eigenvalue weighted by molar-refractivity contribution is 0.0954. The molecule has 4 aromatic rings. The molecule has 1 aliphatic rings. The lowest BCUT2D eigenvalue weighted by Gasteiger charge is -2.08. The quantitative estimate of drug-likeness (QED) is 0.374. The van der Waals surface area contributed by atoms with Crippen LogP contribution in [0.5, 0.6) is 0 Å². The summed E-state index contributed by atoms with van der Waals surface area (Å²) in [4.78, 5) is 14.2. The molecule has 0 saturated heterocycles. The van der Waals surface area contributed by atoms with Crippen molar-refractivity contribution in [2.24, 2.45) is 5.10 Å². The molecule has 1 amide bonds. The van der Waals surface area contributed by atoms with Crippen molar-refractivity contribution < 1.29 is 4.79 Å². The van der Waals surface area contributed by atoms with Crippen molar-refractivity contribution in [3.63, 3.8) is 0 Å². The molecule has 1 N–H and O–H groups in total. The zero-order chi connectivity index (χ0) is 22.5. The summed E-state index contributed by atoms with van der Waals surface area (Å²) >= 11 is 0. The Balaban J connectivity index is 1.24. The summed E-state index contributed by atoms with van der Waals surface area (Å²) in [5.41, 5.74) is 8.58. The summed E-state index contributed by atoms with van der Waals surface area (Å²) in [6, 6.07) is 25.4. The molecule has 7 heteroatoms. The molecular weight excluding hydrogens is 412 g/mol. The lowest BCUT2D eigenvalue weighted by Crippen LogP contribution is -2.20. The Morgan fingerprint density at radius 2 is 1.67 bits per heavy atom. The Hall–Kier alpha value is -4.13. The molecule has 0 fully saturated rings. The van der Waals surface area contributed by atoms with E-state index in [4.69, 9.17) is 0 Å². The molecule has 0 radical (unpaired) electrons. The fraction of sp³-hybridized carbons (Fsp3) is 0.192. The summed E-state index contributed by atoms with van der Waals surface area (Å²) in [7, 11) is 0. The molecule has 0 saturated carbocycles. The number of rotatable bonds is 5. The molecule has 164 valence electrons. The van der Waals surface area contributed by atoms with E-state index in [9.17, 15) is 4.79 Å². The van der Waals surface area contributed by atoms with Crippen LogP contribution in [0.25, 0.3) is 11.4 Å². The number of carbonyl (C=O) groups is 1. The van der Waals surface area contributed by atoms with E-state index in [0.717, 1.165) is 48.1 Å². The highest BCUT2D eigenvalue weighted by Gasteiger charge is 2.14. The third kappa shape index (κ3) is 4.87. The summed E-state index contributed by atoms with van der Waals surface area (Å²) in [5.74, 6) is 0.367. The van der Waals surface area contributed by atoms with Crippen LogP contribution in [0.15, 0.2) is 84.0 Å². The second-order valence-electron chi connectivity index (χ2n) is 8.07. The topological polar surface area (TPSA) is 85.1 Å². The van der Waals surface area contributed by atoms with Crippen molar-refractivity contribution in [1.82, 2.24) is 25.6 Å². The predicted molar refractivity (Wildman–Crippen MR) is 127 cm³/mol. The second-order valence-corrected chi connectivity index (χ2v) is 8.07. The summed E-state index contributed by atoms with van der Waals surface area (Å²) in [6.07, 6.45) is 4.13. The number of aromatic nitrogens is 4. The molecule has 33 heavy (non-hydrogen) atoms. The average Bonchev–Trinajstić information content (AvgIpc) is 3.23. The van der Waals surface area contributed by atoms with Gasteiger partial charge in [0.15, 0.2) is 0 Å². The number of amides is 1. The van der Waals surface area contributed by atoms with Crippen LogP contribution in [0.3, 0.4) is 0 Å². The number of hydrogen-bond donors (Lipinski definition) is 1. The molecule has 1 aliphatic carbocycles. The molecule has 3 aromatic carbocycles. The minimum Gasteiger partial charge on any atom is -0.267 e. The third-order valence-corrected chi connectivity index (χ3v) is 5.76. The first kappa shape index (κ1) is 20.8. The van der Waals surface area contributed by atoms with E-state index in [1.807, 2.05) is 48.5 Å². The molecule has 5 rings (SSSR count). The van der Waals surface area contributed by atoms with Crippen LogP contribution in [-0.4, -0.2) is 31.8 Å². The van der Waals surface area contributed by atoms with Gasteiger partial charge in [-0.05, 0) is 54.2 Å². The van der Waals surface area contributed by atoms with Crippen molar-refractivity contribution in [2.45, 2.75) is 32.2 Å². The van der Waals surface area contributed by atoms with Crippen LogP contribution in [0.2, 0.25) is 0 Å². The van der Waals surface area contributed by atoms with Gasteiger partial charge >= 0.3 is 0 Å². The molecule has 7 nitrogen and oxygen atoms in total. The Morgan fingerprint density at radius 3 is 2.52 bits per heavy atom. The Kier molecular flexibility index (Phi) is 6.01. The smallest absolute Gasteiger partial charge is 0.267 e. The predicted octanol–water partition coefficient (Wildman–Crippen LogP) is 4.25. The normalized spacial score (nSPS) is 14.5. The highest BCUT2D eigenvalue weighted by atomic mass is 16.2. The fourth-order valence-corrected chi connectivity index (χ4v) is 4.00. The molecule has 0 atom stereocenters. The van der Waals surface area contributed by atoms with Crippen molar-refractivity contribution in [3.8, 4) is 11.4 Å². The van der Waals surface area contributed by atoms with Gasteiger partial charge in [-0.2, -0.15) is 9.90 Å². The van der Waals surface area contributed by atoms with E-state index in [0.29, 0.717) is 17.9 Å². The van der Waals surface area contributed by atoms with E-state index >= 15 is 0 Å². The third-order valence-electron chi connectivity index (χ3n) is 5.76. The van der Waals surface area contributed by atoms with Crippen LogP contribution in [0.1, 0.15) is 46.3 Å². The van der Waals surface area contributed by atoms with Crippen molar-refractivity contribution >= 4 is 11.6 Å². The number of tetrazole rings is 1. The van der Waals surface area contributed by atoms with Crippen LogP contribution in [0, 0.1) is 0 Å². The maximum Gasteiger partial charge on any atom is 0.271 e. The molecule has 1 heterocycles. The van der Waals surface area contributed by atoms with E-state index in [2.05, 4.69) is 44.1 Å². The van der Waals surface area contributed by atoms with E-state index in [1.165, 1.54) is 5.56 Å². The number of aryl methyl sites for hydroxylation is 1. The largest absolute Gasteiger partial charge is 0.271 e. The van der Waals surface area contributed by atoms with Crippen LogP contribution >= 0.6 is 0 Å².